The highest BCUT2D eigenvalue weighted by atomic mass is 16.2. The maximum absolute atomic E-state index is 13.3. The molecular formula is C25H29N3O. The number of amides is 1. The zero-order chi connectivity index (χ0) is 20.9. The third-order valence-electron chi connectivity index (χ3n) is 4.63. The molecule has 4 nitrogen and oxygen atoms in total. The first-order chi connectivity index (χ1) is 13.9. The first-order valence-corrected chi connectivity index (χ1v) is 9.94. The van der Waals surface area contributed by atoms with Gasteiger partial charge < -0.3 is 10.6 Å². The van der Waals surface area contributed by atoms with Crippen LogP contribution in [0.5, 0.6) is 0 Å². The van der Waals surface area contributed by atoms with Crippen LogP contribution in [0, 0.1) is 5.41 Å². The molecule has 1 amide bonds. The summed E-state index contributed by atoms with van der Waals surface area (Å²) < 4.78 is 0. The minimum atomic E-state index is -0.0153. The summed E-state index contributed by atoms with van der Waals surface area (Å²) in [6.45, 7) is 8.11. The van der Waals surface area contributed by atoms with E-state index in [-0.39, 0.29) is 11.3 Å². The second-order valence-electron chi connectivity index (χ2n) is 8.54. The van der Waals surface area contributed by atoms with E-state index in [1.54, 1.807) is 6.20 Å². The van der Waals surface area contributed by atoms with Gasteiger partial charge >= 0.3 is 0 Å². The number of hydrogen-bond acceptors (Lipinski definition) is 3. The van der Waals surface area contributed by atoms with Gasteiger partial charge in [-0.25, -0.2) is 0 Å². The summed E-state index contributed by atoms with van der Waals surface area (Å²) in [7, 11) is 0. The largest absolute Gasteiger partial charge is 0.334 e. The van der Waals surface area contributed by atoms with Crippen LogP contribution in [0.25, 0.3) is 11.3 Å². The van der Waals surface area contributed by atoms with E-state index in [2.05, 4.69) is 31.8 Å². The fourth-order valence-electron chi connectivity index (χ4n) is 3.33. The maximum atomic E-state index is 13.3. The molecule has 29 heavy (non-hydrogen) atoms. The van der Waals surface area contributed by atoms with Crippen LogP contribution in [-0.2, 0) is 13.1 Å². The molecule has 0 bridgehead atoms. The Morgan fingerprint density at radius 3 is 2.31 bits per heavy atom. The predicted molar refractivity (Wildman–Crippen MR) is 118 cm³/mol. The van der Waals surface area contributed by atoms with Gasteiger partial charge in [0.1, 0.15) is 0 Å². The molecular weight excluding hydrogens is 358 g/mol. The van der Waals surface area contributed by atoms with Crippen molar-refractivity contribution in [3.8, 4) is 11.3 Å². The van der Waals surface area contributed by atoms with Gasteiger partial charge in [0.15, 0.2) is 0 Å². The number of benzene rings is 2. The second kappa shape index (κ2) is 9.01. The summed E-state index contributed by atoms with van der Waals surface area (Å²) >= 11 is 0. The lowest BCUT2D eigenvalue weighted by Crippen LogP contribution is -2.37. The van der Waals surface area contributed by atoms with Crippen LogP contribution >= 0.6 is 0 Å². The number of pyridine rings is 1. The van der Waals surface area contributed by atoms with Crippen LogP contribution in [0.2, 0.25) is 0 Å². The molecule has 1 aromatic heterocycles. The quantitative estimate of drug-likeness (QED) is 0.655. The first kappa shape index (κ1) is 20.7. The Balaban J connectivity index is 1.84. The maximum Gasteiger partial charge on any atom is 0.255 e. The van der Waals surface area contributed by atoms with Crippen LogP contribution in [0.4, 0.5) is 0 Å². The first-order valence-electron chi connectivity index (χ1n) is 9.94. The standard InChI is InChI=1S/C25H29N3O/c1-25(2,3)18-28(17-20-9-7-8-19(14-20)15-26)24(29)22-12-13-23(27-16-22)21-10-5-4-6-11-21/h4-14,16H,15,17-18,26H2,1-3H3. The summed E-state index contributed by atoms with van der Waals surface area (Å²) in [5.74, 6) is -0.00908. The van der Waals surface area contributed by atoms with Crippen molar-refractivity contribution in [1.29, 1.82) is 0 Å². The summed E-state index contributed by atoms with van der Waals surface area (Å²) in [5, 5.41) is 0. The van der Waals surface area contributed by atoms with Crippen LogP contribution < -0.4 is 5.73 Å². The molecule has 0 radical (unpaired) electrons. The molecule has 150 valence electrons. The highest BCUT2D eigenvalue weighted by Gasteiger charge is 2.23. The number of rotatable bonds is 6. The molecule has 0 fully saturated rings. The van der Waals surface area contributed by atoms with E-state index in [9.17, 15) is 4.79 Å². The molecule has 0 aliphatic heterocycles. The average Bonchev–Trinajstić information content (AvgIpc) is 2.73. The minimum Gasteiger partial charge on any atom is -0.334 e. The third-order valence-corrected chi connectivity index (χ3v) is 4.63. The van der Waals surface area contributed by atoms with E-state index < -0.39 is 0 Å². The van der Waals surface area contributed by atoms with E-state index in [0.717, 1.165) is 22.4 Å². The zero-order valence-electron chi connectivity index (χ0n) is 17.4. The normalized spacial score (nSPS) is 11.3. The topological polar surface area (TPSA) is 59.2 Å². The number of nitrogens with two attached hydrogens (primary N) is 1. The molecule has 1 heterocycles. The SMILES string of the molecule is CC(C)(C)CN(Cc1cccc(CN)c1)C(=O)c1ccc(-c2ccccc2)nc1. The molecule has 3 aromatic rings. The van der Waals surface area contributed by atoms with Crippen molar-refractivity contribution < 1.29 is 4.79 Å². The Morgan fingerprint density at radius 2 is 1.69 bits per heavy atom. The van der Waals surface area contributed by atoms with Crippen LogP contribution in [-0.4, -0.2) is 22.3 Å². The molecule has 0 spiro atoms. The van der Waals surface area contributed by atoms with Gasteiger partial charge in [0.25, 0.3) is 5.91 Å². The summed E-state index contributed by atoms with van der Waals surface area (Å²) in [6.07, 6.45) is 1.68. The van der Waals surface area contributed by atoms with Crippen molar-refractivity contribution >= 4 is 5.91 Å². The van der Waals surface area contributed by atoms with Gasteiger partial charge in [-0.2, -0.15) is 0 Å². The van der Waals surface area contributed by atoms with Crippen LogP contribution in [0.1, 0.15) is 42.3 Å². The fourth-order valence-corrected chi connectivity index (χ4v) is 3.33. The molecule has 0 saturated heterocycles. The van der Waals surface area contributed by atoms with Gasteiger partial charge in [-0.3, -0.25) is 9.78 Å². The van der Waals surface area contributed by atoms with E-state index in [1.807, 2.05) is 65.6 Å². The van der Waals surface area contributed by atoms with Crippen molar-refractivity contribution in [3.63, 3.8) is 0 Å². The Morgan fingerprint density at radius 1 is 0.966 bits per heavy atom. The summed E-state index contributed by atoms with van der Waals surface area (Å²) in [4.78, 5) is 19.7. The van der Waals surface area contributed by atoms with Gasteiger partial charge in [0.2, 0.25) is 0 Å². The lowest BCUT2D eigenvalue weighted by molar-refractivity contribution is 0.0679. The monoisotopic (exact) mass is 387 g/mol. The lowest BCUT2D eigenvalue weighted by Gasteiger charge is -2.30. The Labute approximate surface area is 173 Å². The molecule has 2 aromatic carbocycles. The van der Waals surface area contributed by atoms with Crippen molar-refractivity contribution in [1.82, 2.24) is 9.88 Å². The Bertz CT molecular complexity index is 944. The molecule has 4 heteroatoms. The van der Waals surface area contributed by atoms with E-state index in [0.29, 0.717) is 25.2 Å². The molecule has 0 atom stereocenters. The average molecular weight is 388 g/mol. The summed E-state index contributed by atoms with van der Waals surface area (Å²) in [5.41, 5.74) is 10.4. The summed E-state index contributed by atoms with van der Waals surface area (Å²) in [6, 6.07) is 21.9. The van der Waals surface area contributed by atoms with Crippen molar-refractivity contribution in [2.75, 3.05) is 6.54 Å². The predicted octanol–water partition coefficient (Wildman–Crippen LogP) is 4.90. The Hall–Kier alpha value is -2.98. The number of aromatic nitrogens is 1. The Kier molecular flexibility index (Phi) is 6.45. The fraction of sp³-hybridized carbons (Fsp3) is 0.280. The molecule has 0 saturated carbocycles. The highest BCUT2D eigenvalue weighted by Crippen LogP contribution is 2.21. The number of hydrogen-bond donors (Lipinski definition) is 1. The van der Waals surface area contributed by atoms with E-state index in [4.69, 9.17) is 5.73 Å². The van der Waals surface area contributed by atoms with Gasteiger partial charge in [-0.05, 0) is 28.7 Å². The van der Waals surface area contributed by atoms with Crippen molar-refractivity contribution in [2.24, 2.45) is 11.1 Å². The molecule has 0 aliphatic rings. The smallest absolute Gasteiger partial charge is 0.255 e. The van der Waals surface area contributed by atoms with E-state index >= 15 is 0 Å². The number of carbonyl (C=O) groups excluding carboxylic acids is 1. The highest BCUT2D eigenvalue weighted by molar-refractivity contribution is 5.94. The lowest BCUT2D eigenvalue weighted by atomic mass is 9.95. The van der Waals surface area contributed by atoms with Gasteiger partial charge in [0, 0.05) is 31.4 Å². The number of carbonyl (C=O) groups is 1. The number of nitrogens with zero attached hydrogens (tertiary/aromatic N) is 2. The molecule has 0 unspecified atom stereocenters. The van der Waals surface area contributed by atoms with Crippen molar-refractivity contribution in [2.45, 2.75) is 33.9 Å². The van der Waals surface area contributed by atoms with Gasteiger partial charge in [-0.15, -0.1) is 0 Å². The van der Waals surface area contributed by atoms with E-state index in [1.165, 1.54) is 0 Å². The zero-order valence-corrected chi connectivity index (χ0v) is 17.4. The second-order valence-corrected chi connectivity index (χ2v) is 8.54. The molecule has 0 aliphatic carbocycles. The van der Waals surface area contributed by atoms with Gasteiger partial charge in [0.05, 0.1) is 11.3 Å². The third kappa shape index (κ3) is 5.75. The van der Waals surface area contributed by atoms with Crippen molar-refractivity contribution in [3.05, 3.63) is 89.6 Å². The molecule has 3 rings (SSSR count). The van der Waals surface area contributed by atoms with Gasteiger partial charge in [-0.1, -0.05) is 75.4 Å². The minimum absolute atomic E-state index is 0.00908. The van der Waals surface area contributed by atoms with Crippen LogP contribution in [0.15, 0.2) is 72.9 Å². The van der Waals surface area contributed by atoms with Crippen LogP contribution in [0.3, 0.4) is 0 Å². The molecule has 2 N–H and O–H groups in total.